The van der Waals surface area contributed by atoms with Gasteiger partial charge < -0.3 is 40.5 Å². The minimum Gasteiger partial charge on any atom is -0.394 e. The quantitative estimate of drug-likeness (QED) is 0.259. The predicted molar refractivity (Wildman–Crippen MR) is 52.9 cm³/mol. The Labute approximate surface area is 97.3 Å². The molecule has 1 rings (SSSR count). The van der Waals surface area contributed by atoms with Crippen molar-refractivity contribution in [3.63, 3.8) is 0 Å². The van der Waals surface area contributed by atoms with E-state index < -0.39 is 55.9 Å². The molecule has 1 saturated carbocycles. The Hall–Kier alpha value is -0.320. The lowest BCUT2D eigenvalue weighted by atomic mass is 9.98. The number of rotatable bonds is 5. The maximum absolute atomic E-state index is 9.87. The lowest BCUT2D eigenvalue weighted by molar-refractivity contribution is -0.178. The Morgan fingerprint density at radius 2 is 1.71 bits per heavy atom. The highest BCUT2D eigenvalue weighted by Crippen LogP contribution is 2.33. The molecule has 7 N–H and O–H groups in total. The number of aliphatic hydroxyl groups is 7. The van der Waals surface area contributed by atoms with E-state index >= 15 is 0 Å². The molecule has 0 aliphatic heterocycles. The molecule has 0 heterocycles. The first kappa shape index (κ1) is 14.7. The monoisotopic (exact) mass is 254 g/mol. The number of ether oxygens (including phenoxy) is 1. The van der Waals surface area contributed by atoms with Crippen molar-refractivity contribution in [2.75, 3.05) is 19.8 Å². The van der Waals surface area contributed by atoms with Gasteiger partial charge in [-0.2, -0.15) is 0 Å². The van der Waals surface area contributed by atoms with Crippen molar-refractivity contribution < 1.29 is 40.5 Å². The first-order valence-corrected chi connectivity index (χ1v) is 5.16. The van der Waals surface area contributed by atoms with E-state index in [0.717, 1.165) is 0 Å². The number of hydrogen-bond donors (Lipinski definition) is 7. The molecule has 1 aliphatic carbocycles. The summed E-state index contributed by atoms with van der Waals surface area (Å²) in [4.78, 5) is 0. The largest absolute Gasteiger partial charge is 0.394 e. The molecular formula is C9H18O8. The van der Waals surface area contributed by atoms with Gasteiger partial charge in [0.25, 0.3) is 0 Å². The summed E-state index contributed by atoms with van der Waals surface area (Å²) in [7, 11) is 0. The van der Waals surface area contributed by atoms with E-state index in [2.05, 4.69) is 0 Å². The van der Waals surface area contributed by atoms with Crippen LogP contribution in [0.15, 0.2) is 0 Å². The summed E-state index contributed by atoms with van der Waals surface area (Å²) < 4.78 is 4.93. The van der Waals surface area contributed by atoms with Crippen LogP contribution < -0.4 is 0 Å². The molecule has 6 atom stereocenters. The van der Waals surface area contributed by atoms with Crippen LogP contribution in [0.4, 0.5) is 0 Å². The second-order valence-electron chi connectivity index (χ2n) is 4.17. The Morgan fingerprint density at radius 3 is 2.18 bits per heavy atom. The van der Waals surface area contributed by atoms with Crippen LogP contribution in [0, 0.1) is 0 Å². The SMILES string of the molecule is OCC(O)COC1C(O)C(O)C(O)C1(O)CO. The number of hydrogen-bond acceptors (Lipinski definition) is 8. The third kappa shape index (κ3) is 2.59. The van der Waals surface area contributed by atoms with Crippen molar-refractivity contribution in [1.29, 1.82) is 0 Å². The predicted octanol–water partition coefficient (Wildman–Crippen LogP) is -4.46. The van der Waals surface area contributed by atoms with Crippen LogP contribution in [0.1, 0.15) is 0 Å². The van der Waals surface area contributed by atoms with Crippen LogP contribution in [0.3, 0.4) is 0 Å². The Kier molecular flexibility index (Phi) is 4.81. The molecule has 0 spiro atoms. The topological polar surface area (TPSA) is 151 Å². The van der Waals surface area contributed by atoms with E-state index in [1.54, 1.807) is 0 Å². The first-order chi connectivity index (χ1) is 7.88. The zero-order chi connectivity index (χ0) is 13.2. The summed E-state index contributed by atoms with van der Waals surface area (Å²) in [6.07, 6.45) is -7.71. The van der Waals surface area contributed by atoms with Crippen LogP contribution >= 0.6 is 0 Å². The molecule has 0 aromatic heterocycles. The van der Waals surface area contributed by atoms with E-state index in [-0.39, 0.29) is 0 Å². The third-order valence-corrected chi connectivity index (χ3v) is 2.92. The Balaban J connectivity index is 2.73. The van der Waals surface area contributed by atoms with Gasteiger partial charge >= 0.3 is 0 Å². The van der Waals surface area contributed by atoms with E-state index in [1.807, 2.05) is 0 Å². The zero-order valence-corrected chi connectivity index (χ0v) is 9.05. The fraction of sp³-hybridized carbons (Fsp3) is 1.00. The van der Waals surface area contributed by atoms with E-state index in [0.29, 0.717) is 0 Å². The van der Waals surface area contributed by atoms with Gasteiger partial charge in [0, 0.05) is 0 Å². The van der Waals surface area contributed by atoms with Gasteiger partial charge in [0.2, 0.25) is 0 Å². The smallest absolute Gasteiger partial charge is 0.145 e. The third-order valence-electron chi connectivity index (χ3n) is 2.92. The molecule has 0 bridgehead atoms. The molecule has 0 saturated heterocycles. The molecule has 0 radical (unpaired) electrons. The highest BCUT2D eigenvalue weighted by atomic mass is 16.5. The van der Waals surface area contributed by atoms with Crippen LogP contribution in [-0.4, -0.2) is 91.7 Å². The average molecular weight is 254 g/mol. The van der Waals surface area contributed by atoms with Gasteiger partial charge in [-0.3, -0.25) is 0 Å². The lowest BCUT2D eigenvalue weighted by Crippen LogP contribution is -2.53. The summed E-state index contributed by atoms with van der Waals surface area (Å²) in [6.45, 7) is -1.92. The van der Waals surface area contributed by atoms with Crippen molar-refractivity contribution in [3.8, 4) is 0 Å². The average Bonchev–Trinajstić information content (AvgIpc) is 2.50. The summed E-state index contributed by atoms with van der Waals surface area (Å²) in [6, 6.07) is 0. The molecule has 0 aromatic carbocycles. The Morgan fingerprint density at radius 1 is 1.12 bits per heavy atom. The van der Waals surface area contributed by atoms with E-state index in [9.17, 15) is 20.4 Å². The minimum atomic E-state index is -2.21. The molecular weight excluding hydrogens is 236 g/mol. The van der Waals surface area contributed by atoms with Gasteiger partial charge in [0.15, 0.2) is 0 Å². The van der Waals surface area contributed by atoms with Crippen molar-refractivity contribution >= 4 is 0 Å². The van der Waals surface area contributed by atoms with Gasteiger partial charge in [-0.1, -0.05) is 0 Å². The zero-order valence-electron chi connectivity index (χ0n) is 9.05. The van der Waals surface area contributed by atoms with Gasteiger partial charge in [-0.15, -0.1) is 0 Å². The fourth-order valence-corrected chi connectivity index (χ4v) is 1.82. The van der Waals surface area contributed by atoms with E-state index in [1.165, 1.54) is 0 Å². The highest BCUT2D eigenvalue weighted by molar-refractivity contribution is 5.10. The van der Waals surface area contributed by atoms with Crippen molar-refractivity contribution in [2.45, 2.75) is 36.1 Å². The van der Waals surface area contributed by atoms with Crippen LogP contribution in [-0.2, 0) is 4.74 Å². The maximum atomic E-state index is 9.87. The van der Waals surface area contributed by atoms with Crippen molar-refractivity contribution in [1.82, 2.24) is 0 Å². The van der Waals surface area contributed by atoms with Crippen LogP contribution in [0.2, 0.25) is 0 Å². The van der Waals surface area contributed by atoms with Crippen LogP contribution in [0.25, 0.3) is 0 Å². The van der Waals surface area contributed by atoms with Gasteiger partial charge in [-0.05, 0) is 0 Å². The van der Waals surface area contributed by atoms with Gasteiger partial charge in [0.1, 0.15) is 36.1 Å². The normalized spacial score (nSPS) is 43.9. The fourth-order valence-electron chi connectivity index (χ4n) is 1.82. The summed E-state index contributed by atoms with van der Waals surface area (Å²) >= 11 is 0. The lowest BCUT2D eigenvalue weighted by Gasteiger charge is -2.31. The Bertz CT molecular complexity index is 249. The molecule has 8 heteroatoms. The molecule has 17 heavy (non-hydrogen) atoms. The molecule has 1 aliphatic rings. The van der Waals surface area contributed by atoms with Crippen molar-refractivity contribution in [2.24, 2.45) is 0 Å². The second kappa shape index (κ2) is 5.55. The van der Waals surface area contributed by atoms with Crippen molar-refractivity contribution in [3.05, 3.63) is 0 Å². The van der Waals surface area contributed by atoms with Crippen LogP contribution in [0.5, 0.6) is 0 Å². The summed E-state index contributed by atoms with van der Waals surface area (Å²) in [5.41, 5.74) is -2.21. The molecule has 0 amide bonds. The molecule has 0 aromatic rings. The second-order valence-corrected chi connectivity index (χ2v) is 4.17. The van der Waals surface area contributed by atoms with E-state index in [4.69, 9.17) is 20.1 Å². The highest BCUT2D eigenvalue weighted by Gasteiger charge is 2.59. The standard InChI is InChI=1S/C9H18O8/c10-1-4(12)2-17-8-6(14)5(13)7(15)9(8,16)3-11/h4-8,10-16H,1-3H2. The molecule has 102 valence electrons. The van der Waals surface area contributed by atoms with Gasteiger partial charge in [0.05, 0.1) is 19.8 Å². The summed E-state index contributed by atoms with van der Waals surface area (Å²) in [5, 5.41) is 64.8. The molecule has 8 nitrogen and oxygen atoms in total. The maximum Gasteiger partial charge on any atom is 0.145 e. The minimum absolute atomic E-state index is 0.417. The molecule has 1 fully saturated rings. The van der Waals surface area contributed by atoms with Gasteiger partial charge in [-0.25, -0.2) is 0 Å². The number of aliphatic hydroxyl groups excluding tert-OH is 6. The first-order valence-electron chi connectivity index (χ1n) is 5.16. The molecule has 6 unspecified atom stereocenters. The summed E-state index contributed by atoms with van der Waals surface area (Å²) in [5.74, 6) is 0.